The number of likely N-dealkylation sites (tertiary alicyclic amines) is 1. The maximum Gasteiger partial charge on any atom is 0.228 e. The van der Waals surface area contributed by atoms with Crippen LogP contribution in [0.2, 0.25) is 0 Å². The second-order valence-electron chi connectivity index (χ2n) is 5.36. The molecule has 100 valence electrons. The second-order valence-corrected chi connectivity index (χ2v) is 5.36. The van der Waals surface area contributed by atoms with Gasteiger partial charge in [-0.2, -0.15) is 0 Å². The van der Waals surface area contributed by atoms with E-state index < -0.39 is 0 Å². The molecule has 0 bridgehead atoms. The number of amides is 1. The number of nitrogens with zero attached hydrogens (tertiary/aromatic N) is 1. The Bertz CT molecular complexity index is 519. The van der Waals surface area contributed by atoms with E-state index >= 15 is 0 Å². The topological polar surface area (TPSA) is 49.4 Å². The molecule has 1 aromatic rings. The van der Waals surface area contributed by atoms with Gasteiger partial charge in [0.25, 0.3) is 0 Å². The summed E-state index contributed by atoms with van der Waals surface area (Å²) in [7, 11) is 0. The lowest BCUT2D eigenvalue weighted by Crippen LogP contribution is -2.34. The highest BCUT2D eigenvalue weighted by Crippen LogP contribution is 2.24. The Kier molecular flexibility index (Phi) is 3.34. The Balaban J connectivity index is 1.70. The highest BCUT2D eigenvalue weighted by molar-refractivity contribution is 6.02. The van der Waals surface area contributed by atoms with Crippen LogP contribution in [0.4, 0.5) is 5.69 Å². The highest BCUT2D eigenvalue weighted by atomic mass is 16.1. The molecule has 2 aliphatic rings. The number of carbonyl (C=O) groups is 2. The first-order valence-electron chi connectivity index (χ1n) is 6.91. The number of piperidine rings is 1. The molecular weight excluding hydrogens is 240 g/mol. The van der Waals surface area contributed by atoms with Gasteiger partial charge in [-0.05, 0) is 49.7 Å². The molecule has 1 N–H and O–H groups in total. The minimum absolute atomic E-state index is 0.00984. The first kappa shape index (κ1) is 12.4. The Morgan fingerprint density at radius 2 is 2.00 bits per heavy atom. The predicted molar refractivity (Wildman–Crippen MR) is 73.4 cm³/mol. The molecule has 0 aliphatic carbocycles. The minimum atomic E-state index is 0.00984. The summed E-state index contributed by atoms with van der Waals surface area (Å²) in [6, 6.07) is 5.51. The lowest BCUT2D eigenvalue weighted by atomic mass is 10.0. The molecule has 1 fully saturated rings. The van der Waals surface area contributed by atoms with E-state index in [1.807, 2.05) is 18.2 Å². The number of benzene rings is 1. The van der Waals surface area contributed by atoms with Crippen LogP contribution in [0.25, 0.3) is 0 Å². The van der Waals surface area contributed by atoms with Crippen molar-refractivity contribution in [2.45, 2.75) is 25.7 Å². The lowest BCUT2D eigenvalue weighted by Gasteiger charge is -2.25. The van der Waals surface area contributed by atoms with Crippen LogP contribution in [0.5, 0.6) is 0 Å². The van der Waals surface area contributed by atoms with Crippen LogP contribution in [0, 0.1) is 0 Å². The van der Waals surface area contributed by atoms with Crippen molar-refractivity contribution in [3.05, 3.63) is 29.3 Å². The van der Waals surface area contributed by atoms with Crippen molar-refractivity contribution in [3.63, 3.8) is 0 Å². The fraction of sp³-hybridized carbons (Fsp3) is 0.467. The summed E-state index contributed by atoms with van der Waals surface area (Å²) >= 11 is 0. The molecule has 0 unspecified atom stereocenters. The number of hydrogen-bond donors (Lipinski definition) is 1. The summed E-state index contributed by atoms with van der Waals surface area (Å²) in [4.78, 5) is 25.8. The van der Waals surface area contributed by atoms with Gasteiger partial charge >= 0.3 is 0 Å². The molecule has 0 radical (unpaired) electrons. The zero-order valence-electron chi connectivity index (χ0n) is 10.9. The third kappa shape index (κ3) is 2.68. The van der Waals surface area contributed by atoms with Crippen molar-refractivity contribution in [1.82, 2.24) is 4.90 Å². The summed E-state index contributed by atoms with van der Waals surface area (Å²) < 4.78 is 0. The molecule has 0 spiro atoms. The minimum Gasteiger partial charge on any atom is -0.326 e. The molecule has 3 rings (SSSR count). The standard InChI is InChI=1S/C15H18N2O2/c18-14(10-17-6-2-1-3-7-17)11-4-5-13-12(8-11)9-15(19)16-13/h4-5,8H,1-3,6-7,9-10H2,(H,16,19). The number of anilines is 1. The zero-order chi connectivity index (χ0) is 13.2. The summed E-state index contributed by atoms with van der Waals surface area (Å²) in [6.07, 6.45) is 4.04. The van der Waals surface area contributed by atoms with Crippen molar-refractivity contribution in [3.8, 4) is 0 Å². The Morgan fingerprint density at radius 3 is 2.79 bits per heavy atom. The average molecular weight is 258 g/mol. The van der Waals surface area contributed by atoms with E-state index in [9.17, 15) is 9.59 Å². The summed E-state index contributed by atoms with van der Waals surface area (Å²) in [6.45, 7) is 2.55. The molecule has 1 aromatic carbocycles. The molecule has 4 heteroatoms. The molecule has 2 heterocycles. The summed E-state index contributed by atoms with van der Waals surface area (Å²) in [5.74, 6) is 0.166. The van der Waals surface area contributed by atoms with Gasteiger partial charge in [0.05, 0.1) is 13.0 Å². The zero-order valence-corrected chi connectivity index (χ0v) is 10.9. The molecule has 4 nitrogen and oxygen atoms in total. The molecule has 1 saturated heterocycles. The average Bonchev–Trinajstić information content (AvgIpc) is 2.78. The van der Waals surface area contributed by atoms with E-state index in [0.717, 1.165) is 29.9 Å². The lowest BCUT2D eigenvalue weighted by molar-refractivity contribution is -0.115. The van der Waals surface area contributed by atoms with E-state index in [2.05, 4.69) is 10.2 Å². The van der Waals surface area contributed by atoms with Crippen LogP contribution in [0.3, 0.4) is 0 Å². The van der Waals surface area contributed by atoms with Gasteiger partial charge < -0.3 is 5.32 Å². The van der Waals surface area contributed by atoms with Gasteiger partial charge in [0.1, 0.15) is 0 Å². The number of nitrogens with one attached hydrogen (secondary N) is 1. The molecule has 19 heavy (non-hydrogen) atoms. The van der Waals surface area contributed by atoms with Gasteiger partial charge in [-0.25, -0.2) is 0 Å². The van der Waals surface area contributed by atoms with E-state index in [1.165, 1.54) is 19.3 Å². The van der Waals surface area contributed by atoms with E-state index in [4.69, 9.17) is 0 Å². The van der Waals surface area contributed by atoms with Gasteiger partial charge in [-0.3, -0.25) is 14.5 Å². The maximum atomic E-state index is 12.2. The van der Waals surface area contributed by atoms with Crippen LogP contribution in [0.1, 0.15) is 35.2 Å². The van der Waals surface area contributed by atoms with Crippen LogP contribution in [-0.2, 0) is 11.2 Å². The number of ketones is 1. The fourth-order valence-corrected chi connectivity index (χ4v) is 2.81. The Labute approximate surface area is 112 Å². The van der Waals surface area contributed by atoms with Gasteiger partial charge in [-0.1, -0.05) is 6.42 Å². The molecule has 0 saturated carbocycles. The second kappa shape index (κ2) is 5.13. The molecule has 0 atom stereocenters. The fourth-order valence-electron chi connectivity index (χ4n) is 2.81. The van der Waals surface area contributed by atoms with Gasteiger partial charge in [-0.15, -0.1) is 0 Å². The monoisotopic (exact) mass is 258 g/mol. The van der Waals surface area contributed by atoms with E-state index in [0.29, 0.717) is 13.0 Å². The van der Waals surface area contributed by atoms with Crippen LogP contribution < -0.4 is 5.32 Å². The molecular formula is C15H18N2O2. The predicted octanol–water partition coefficient (Wildman–Crippen LogP) is 1.85. The van der Waals surface area contributed by atoms with Crippen LogP contribution in [-0.4, -0.2) is 36.2 Å². The molecule has 0 aromatic heterocycles. The van der Waals surface area contributed by atoms with E-state index in [1.54, 1.807) is 0 Å². The quantitative estimate of drug-likeness (QED) is 0.842. The van der Waals surface area contributed by atoms with Crippen LogP contribution in [0.15, 0.2) is 18.2 Å². The van der Waals surface area contributed by atoms with Gasteiger partial charge in [0.15, 0.2) is 5.78 Å². The van der Waals surface area contributed by atoms with Crippen molar-refractivity contribution in [2.24, 2.45) is 0 Å². The normalized spacial score (nSPS) is 19.1. The maximum absolute atomic E-state index is 12.2. The number of rotatable bonds is 3. The van der Waals surface area contributed by atoms with Crippen molar-refractivity contribution >= 4 is 17.4 Å². The first-order valence-corrected chi connectivity index (χ1v) is 6.91. The van der Waals surface area contributed by atoms with Crippen molar-refractivity contribution < 1.29 is 9.59 Å². The SMILES string of the molecule is O=C1Cc2cc(C(=O)CN3CCCCC3)ccc2N1. The van der Waals surface area contributed by atoms with Crippen molar-refractivity contribution in [1.29, 1.82) is 0 Å². The van der Waals surface area contributed by atoms with E-state index in [-0.39, 0.29) is 11.7 Å². The van der Waals surface area contributed by atoms with Crippen LogP contribution >= 0.6 is 0 Å². The molecule has 1 amide bonds. The number of fused-ring (bicyclic) bond motifs is 1. The Hall–Kier alpha value is -1.68. The highest BCUT2D eigenvalue weighted by Gasteiger charge is 2.20. The smallest absolute Gasteiger partial charge is 0.228 e. The summed E-state index contributed by atoms with van der Waals surface area (Å²) in [5.41, 5.74) is 2.51. The third-order valence-electron chi connectivity index (χ3n) is 3.87. The van der Waals surface area contributed by atoms with Gasteiger partial charge in [0, 0.05) is 11.3 Å². The Morgan fingerprint density at radius 1 is 1.21 bits per heavy atom. The first-order chi connectivity index (χ1) is 9.22. The van der Waals surface area contributed by atoms with Gasteiger partial charge in [0.2, 0.25) is 5.91 Å². The summed E-state index contributed by atoms with van der Waals surface area (Å²) in [5, 5.41) is 2.78. The number of hydrogen-bond acceptors (Lipinski definition) is 3. The number of Topliss-reactive ketones (excluding diaryl/α,β-unsaturated/α-hetero) is 1. The largest absolute Gasteiger partial charge is 0.326 e. The molecule has 2 aliphatic heterocycles. The number of carbonyl (C=O) groups excluding carboxylic acids is 2. The van der Waals surface area contributed by atoms with Crippen molar-refractivity contribution in [2.75, 3.05) is 25.0 Å². The third-order valence-corrected chi connectivity index (χ3v) is 3.87.